The fourth-order valence-electron chi connectivity index (χ4n) is 2.29. The van der Waals surface area contributed by atoms with Crippen LogP contribution in [0.3, 0.4) is 0 Å². The molecule has 1 aliphatic heterocycles. The van der Waals surface area contributed by atoms with E-state index in [2.05, 4.69) is 46.0 Å². The lowest BCUT2D eigenvalue weighted by Gasteiger charge is -2.18. The summed E-state index contributed by atoms with van der Waals surface area (Å²) in [6.07, 6.45) is 2.67. The first-order valence-corrected chi connectivity index (χ1v) is 6.75. The lowest BCUT2D eigenvalue weighted by atomic mass is 10.1. The number of benzene rings is 1. The monoisotopic (exact) mass is 229 g/mol. The van der Waals surface area contributed by atoms with Gasteiger partial charge in [-0.25, -0.2) is 0 Å². The van der Waals surface area contributed by atoms with Gasteiger partial charge in [0, 0.05) is 18.8 Å². The predicted octanol–water partition coefficient (Wildman–Crippen LogP) is 4.02. The van der Waals surface area contributed by atoms with Gasteiger partial charge in [0.2, 0.25) is 0 Å². The van der Waals surface area contributed by atoms with E-state index in [-0.39, 0.29) is 0 Å². The molecule has 3 rings (SSSR count). The quantitative estimate of drug-likeness (QED) is 0.752. The molecule has 1 aromatic heterocycles. The summed E-state index contributed by atoms with van der Waals surface area (Å²) in [4.78, 5) is 2.48. The maximum Gasteiger partial charge on any atom is 0.0372 e. The highest BCUT2D eigenvalue weighted by atomic mass is 32.1. The molecular formula is C14H15NS. The SMILES string of the molecule is c1cc(-c2ccsc2)cc(N2CCCC2)c1. The second-order valence-electron chi connectivity index (χ2n) is 4.26. The van der Waals surface area contributed by atoms with Crippen molar-refractivity contribution < 1.29 is 0 Å². The van der Waals surface area contributed by atoms with Gasteiger partial charge in [-0.3, -0.25) is 0 Å². The summed E-state index contributed by atoms with van der Waals surface area (Å²) < 4.78 is 0. The van der Waals surface area contributed by atoms with Crippen molar-refractivity contribution in [2.75, 3.05) is 18.0 Å². The van der Waals surface area contributed by atoms with Crippen molar-refractivity contribution in [1.82, 2.24) is 0 Å². The zero-order valence-corrected chi connectivity index (χ0v) is 10.0. The maximum atomic E-state index is 2.48. The summed E-state index contributed by atoms with van der Waals surface area (Å²) in [6, 6.07) is 11.1. The van der Waals surface area contributed by atoms with Gasteiger partial charge in [-0.05, 0) is 52.9 Å². The van der Waals surface area contributed by atoms with Crippen LogP contribution in [0.2, 0.25) is 0 Å². The second kappa shape index (κ2) is 4.30. The Morgan fingerprint density at radius 3 is 2.62 bits per heavy atom. The summed E-state index contributed by atoms with van der Waals surface area (Å²) in [7, 11) is 0. The zero-order chi connectivity index (χ0) is 10.8. The van der Waals surface area contributed by atoms with Crippen molar-refractivity contribution in [3.63, 3.8) is 0 Å². The minimum atomic E-state index is 1.22. The molecule has 0 saturated carbocycles. The van der Waals surface area contributed by atoms with E-state index in [1.165, 1.54) is 42.7 Å². The van der Waals surface area contributed by atoms with Gasteiger partial charge >= 0.3 is 0 Å². The third-order valence-electron chi connectivity index (χ3n) is 3.17. The summed E-state index contributed by atoms with van der Waals surface area (Å²) >= 11 is 1.76. The molecule has 0 bridgehead atoms. The summed E-state index contributed by atoms with van der Waals surface area (Å²) in [5, 5.41) is 4.35. The zero-order valence-electron chi connectivity index (χ0n) is 9.23. The minimum Gasteiger partial charge on any atom is -0.372 e. The third-order valence-corrected chi connectivity index (χ3v) is 3.86. The molecule has 1 aliphatic rings. The first kappa shape index (κ1) is 9.91. The van der Waals surface area contributed by atoms with Gasteiger partial charge in [0.1, 0.15) is 0 Å². The number of rotatable bonds is 2. The number of hydrogen-bond acceptors (Lipinski definition) is 2. The van der Waals surface area contributed by atoms with E-state index in [9.17, 15) is 0 Å². The predicted molar refractivity (Wildman–Crippen MR) is 71.2 cm³/mol. The molecule has 1 saturated heterocycles. The maximum absolute atomic E-state index is 2.48. The highest BCUT2D eigenvalue weighted by molar-refractivity contribution is 7.08. The molecular weight excluding hydrogens is 214 g/mol. The van der Waals surface area contributed by atoms with E-state index >= 15 is 0 Å². The summed E-state index contributed by atoms with van der Waals surface area (Å²) in [5.74, 6) is 0. The van der Waals surface area contributed by atoms with E-state index in [0.717, 1.165) is 0 Å². The second-order valence-corrected chi connectivity index (χ2v) is 5.04. The first-order chi connectivity index (χ1) is 7.93. The van der Waals surface area contributed by atoms with Gasteiger partial charge in [0.05, 0.1) is 0 Å². The van der Waals surface area contributed by atoms with Crippen molar-refractivity contribution >= 4 is 17.0 Å². The highest BCUT2D eigenvalue weighted by Crippen LogP contribution is 2.27. The molecule has 1 aromatic carbocycles. The lowest BCUT2D eigenvalue weighted by molar-refractivity contribution is 0.949. The molecule has 16 heavy (non-hydrogen) atoms. The van der Waals surface area contributed by atoms with Crippen molar-refractivity contribution in [3.05, 3.63) is 41.1 Å². The Hall–Kier alpha value is -1.28. The van der Waals surface area contributed by atoms with Crippen molar-refractivity contribution in [2.24, 2.45) is 0 Å². The Balaban J connectivity index is 1.93. The molecule has 1 nitrogen and oxygen atoms in total. The molecule has 0 amide bonds. The van der Waals surface area contributed by atoms with Crippen LogP contribution in [0.1, 0.15) is 12.8 Å². The Morgan fingerprint density at radius 2 is 1.88 bits per heavy atom. The molecule has 0 unspecified atom stereocenters. The topological polar surface area (TPSA) is 3.24 Å². The molecule has 0 atom stereocenters. The molecule has 2 aromatic rings. The number of thiophene rings is 1. The van der Waals surface area contributed by atoms with Gasteiger partial charge < -0.3 is 4.90 Å². The van der Waals surface area contributed by atoms with Crippen LogP contribution in [0.5, 0.6) is 0 Å². The fraction of sp³-hybridized carbons (Fsp3) is 0.286. The van der Waals surface area contributed by atoms with E-state index in [4.69, 9.17) is 0 Å². The molecule has 0 spiro atoms. The van der Waals surface area contributed by atoms with Gasteiger partial charge in [-0.1, -0.05) is 12.1 Å². The van der Waals surface area contributed by atoms with Crippen LogP contribution in [0.4, 0.5) is 5.69 Å². The lowest BCUT2D eigenvalue weighted by Crippen LogP contribution is -2.17. The van der Waals surface area contributed by atoms with Crippen LogP contribution in [-0.2, 0) is 0 Å². The average Bonchev–Trinajstić information content (AvgIpc) is 3.03. The van der Waals surface area contributed by atoms with E-state index in [1.54, 1.807) is 11.3 Å². The van der Waals surface area contributed by atoms with Crippen molar-refractivity contribution in [3.8, 4) is 11.1 Å². The van der Waals surface area contributed by atoms with Gasteiger partial charge in [0.25, 0.3) is 0 Å². The van der Waals surface area contributed by atoms with E-state index < -0.39 is 0 Å². The standard InChI is InChI=1S/C14H15NS/c1-2-8-15(7-1)14-5-3-4-12(10-14)13-6-9-16-11-13/h3-6,9-11H,1-2,7-8H2. The van der Waals surface area contributed by atoms with Crippen molar-refractivity contribution in [1.29, 1.82) is 0 Å². The van der Waals surface area contributed by atoms with Crippen LogP contribution in [0.25, 0.3) is 11.1 Å². The van der Waals surface area contributed by atoms with Crippen LogP contribution in [0.15, 0.2) is 41.1 Å². The van der Waals surface area contributed by atoms with Gasteiger partial charge in [0.15, 0.2) is 0 Å². The normalized spacial score (nSPS) is 15.6. The first-order valence-electron chi connectivity index (χ1n) is 5.81. The van der Waals surface area contributed by atoms with E-state index in [0.29, 0.717) is 0 Å². The summed E-state index contributed by atoms with van der Waals surface area (Å²) in [6.45, 7) is 2.43. The highest BCUT2D eigenvalue weighted by Gasteiger charge is 2.12. The van der Waals surface area contributed by atoms with Gasteiger partial charge in [-0.15, -0.1) is 0 Å². The molecule has 1 fully saturated rings. The van der Waals surface area contributed by atoms with Gasteiger partial charge in [-0.2, -0.15) is 11.3 Å². The van der Waals surface area contributed by atoms with Crippen molar-refractivity contribution in [2.45, 2.75) is 12.8 Å². The molecule has 2 heteroatoms. The van der Waals surface area contributed by atoms with Crippen LogP contribution >= 0.6 is 11.3 Å². The minimum absolute atomic E-state index is 1.22. The molecule has 0 aliphatic carbocycles. The number of anilines is 1. The Labute approximate surface area is 100 Å². The largest absolute Gasteiger partial charge is 0.372 e. The molecule has 0 N–H and O–H groups in total. The van der Waals surface area contributed by atoms with E-state index in [1.807, 2.05) is 0 Å². The summed E-state index contributed by atoms with van der Waals surface area (Å²) in [5.41, 5.74) is 4.05. The number of nitrogens with zero attached hydrogens (tertiary/aromatic N) is 1. The fourth-order valence-corrected chi connectivity index (χ4v) is 2.95. The molecule has 82 valence electrons. The van der Waals surface area contributed by atoms with Crippen LogP contribution in [-0.4, -0.2) is 13.1 Å². The Morgan fingerprint density at radius 1 is 1.00 bits per heavy atom. The molecule has 2 heterocycles. The smallest absolute Gasteiger partial charge is 0.0372 e. The third kappa shape index (κ3) is 1.85. The van der Waals surface area contributed by atoms with Crippen LogP contribution < -0.4 is 4.90 Å². The molecule has 0 radical (unpaired) electrons. The average molecular weight is 229 g/mol. The van der Waals surface area contributed by atoms with Crippen LogP contribution in [0, 0.1) is 0 Å². The Bertz CT molecular complexity index is 455. The number of hydrogen-bond donors (Lipinski definition) is 0. The Kier molecular flexibility index (Phi) is 2.66.